The van der Waals surface area contributed by atoms with Crippen LogP contribution in [0, 0.1) is 0 Å². The van der Waals surface area contributed by atoms with E-state index in [4.69, 9.17) is 5.11 Å². The molecule has 0 unspecified atom stereocenters. The number of nitrogens with zero attached hydrogens (tertiary/aromatic N) is 3. The van der Waals surface area contributed by atoms with Crippen molar-refractivity contribution >= 4 is 17.5 Å². The van der Waals surface area contributed by atoms with Crippen LogP contribution >= 0.6 is 0 Å². The van der Waals surface area contributed by atoms with E-state index >= 15 is 0 Å². The van der Waals surface area contributed by atoms with Crippen molar-refractivity contribution in [2.45, 2.75) is 65.2 Å². The summed E-state index contributed by atoms with van der Waals surface area (Å²) in [7, 11) is 0. The number of alkyl halides is 3. The molecule has 148 valence electrons. The van der Waals surface area contributed by atoms with Crippen molar-refractivity contribution in [3.8, 4) is 0 Å². The van der Waals surface area contributed by atoms with Crippen LogP contribution in [0.3, 0.4) is 0 Å². The number of halogens is 4. The van der Waals surface area contributed by atoms with E-state index in [1.54, 1.807) is 13.8 Å². The zero-order chi connectivity index (χ0) is 19.9. The summed E-state index contributed by atoms with van der Waals surface area (Å²) in [6, 6.07) is -1.99. The van der Waals surface area contributed by atoms with Gasteiger partial charge in [-0.15, -0.1) is 0 Å². The van der Waals surface area contributed by atoms with Crippen molar-refractivity contribution in [1.29, 1.82) is 0 Å². The van der Waals surface area contributed by atoms with Crippen LogP contribution in [0.5, 0.6) is 0 Å². The van der Waals surface area contributed by atoms with Gasteiger partial charge in [0.15, 0.2) is 5.82 Å². The minimum absolute atomic E-state index is 0.0293. The van der Waals surface area contributed by atoms with E-state index in [2.05, 4.69) is 25.6 Å². The summed E-state index contributed by atoms with van der Waals surface area (Å²) in [5.74, 6) is -1.20. The molecule has 0 fully saturated rings. The Morgan fingerprint density at radius 1 is 1.08 bits per heavy atom. The van der Waals surface area contributed by atoms with E-state index in [1.165, 1.54) is 0 Å². The zero-order valence-electron chi connectivity index (χ0n) is 15.3. The fraction of sp³-hybridized carbons (Fsp3) is 0.688. The number of aliphatic hydroxyl groups is 1. The third-order valence-electron chi connectivity index (χ3n) is 3.41. The predicted octanol–water partition coefficient (Wildman–Crippen LogP) is 3.92. The van der Waals surface area contributed by atoms with Crippen LogP contribution in [0.25, 0.3) is 5.57 Å². The van der Waals surface area contributed by atoms with Gasteiger partial charge in [0.1, 0.15) is 11.9 Å². The molecule has 0 spiro atoms. The fourth-order valence-corrected chi connectivity index (χ4v) is 1.99. The van der Waals surface area contributed by atoms with Gasteiger partial charge >= 0.3 is 6.18 Å². The van der Waals surface area contributed by atoms with Gasteiger partial charge in [0.25, 0.3) is 0 Å². The molecular weight excluding hydrogens is 354 g/mol. The molecule has 1 aromatic heterocycles. The maximum Gasteiger partial charge on any atom is 0.408 e. The topological polar surface area (TPSA) is 83.0 Å². The SMILES string of the molecule is CCCCC(=C(F)CO)c1nc(NC(C)C)nc(N[C@H](C)C(F)(F)F)n1. The third kappa shape index (κ3) is 6.74. The summed E-state index contributed by atoms with van der Waals surface area (Å²) in [5, 5.41) is 14.2. The van der Waals surface area contributed by atoms with E-state index < -0.39 is 24.7 Å². The number of hydrogen-bond acceptors (Lipinski definition) is 6. The van der Waals surface area contributed by atoms with Crippen molar-refractivity contribution < 1.29 is 22.7 Å². The minimum atomic E-state index is -4.49. The van der Waals surface area contributed by atoms with Gasteiger partial charge in [0.2, 0.25) is 11.9 Å². The molecular formula is C16H25F4N5O. The highest BCUT2D eigenvalue weighted by molar-refractivity contribution is 5.63. The number of aliphatic hydroxyl groups excluding tert-OH is 1. The fourth-order valence-electron chi connectivity index (χ4n) is 1.99. The highest BCUT2D eigenvalue weighted by Gasteiger charge is 2.36. The first-order valence-electron chi connectivity index (χ1n) is 8.43. The van der Waals surface area contributed by atoms with Crippen LogP contribution in [0.1, 0.15) is 52.8 Å². The molecule has 26 heavy (non-hydrogen) atoms. The Kier molecular flexibility index (Phi) is 8.19. The molecule has 10 heteroatoms. The summed E-state index contributed by atoms with van der Waals surface area (Å²) < 4.78 is 52.5. The highest BCUT2D eigenvalue weighted by Crippen LogP contribution is 2.26. The molecule has 0 saturated carbocycles. The maximum absolute atomic E-state index is 14.1. The van der Waals surface area contributed by atoms with Crippen molar-refractivity contribution in [3.05, 3.63) is 11.7 Å². The molecule has 0 aliphatic carbocycles. The number of aromatic nitrogens is 3. The number of hydrogen-bond donors (Lipinski definition) is 3. The van der Waals surface area contributed by atoms with Crippen molar-refractivity contribution in [3.63, 3.8) is 0 Å². The Balaban J connectivity index is 3.34. The third-order valence-corrected chi connectivity index (χ3v) is 3.41. The second kappa shape index (κ2) is 9.65. The van der Waals surface area contributed by atoms with Gasteiger partial charge in [0, 0.05) is 11.6 Å². The van der Waals surface area contributed by atoms with Gasteiger partial charge < -0.3 is 15.7 Å². The maximum atomic E-state index is 14.1. The molecule has 1 atom stereocenters. The van der Waals surface area contributed by atoms with Crippen LogP contribution in [0.2, 0.25) is 0 Å². The number of rotatable bonds is 9. The Morgan fingerprint density at radius 2 is 1.65 bits per heavy atom. The van der Waals surface area contributed by atoms with Gasteiger partial charge in [-0.3, -0.25) is 0 Å². The second-order valence-corrected chi connectivity index (χ2v) is 6.16. The molecule has 1 rings (SSSR count). The number of anilines is 2. The van der Waals surface area contributed by atoms with Crippen LogP contribution in [-0.2, 0) is 0 Å². The molecule has 0 aliphatic heterocycles. The van der Waals surface area contributed by atoms with Crippen LogP contribution < -0.4 is 10.6 Å². The molecule has 0 radical (unpaired) electrons. The van der Waals surface area contributed by atoms with E-state index in [0.717, 1.165) is 13.3 Å². The summed E-state index contributed by atoms with van der Waals surface area (Å²) in [6.45, 7) is 5.61. The first-order chi connectivity index (χ1) is 12.1. The van der Waals surface area contributed by atoms with E-state index in [-0.39, 0.29) is 35.8 Å². The molecule has 0 aromatic carbocycles. The molecule has 0 aliphatic rings. The summed E-state index contributed by atoms with van der Waals surface area (Å²) in [4.78, 5) is 12.0. The van der Waals surface area contributed by atoms with Gasteiger partial charge in [-0.05, 0) is 33.6 Å². The number of allylic oxidation sites excluding steroid dienone is 1. The normalized spacial score (nSPS) is 14.2. The van der Waals surface area contributed by atoms with Gasteiger partial charge in [0.05, 0.1) is 6.61 Å². The average molecular weight is 379 g/mol. The molecule has 1 aromatic rings. The van der Waals surface area contributed by atoms with Gasteiger partial charge in [-0.1, -0.05) is 13.3 Å². The Morgan fingerprint density at radius 3 is 2.12 bits per heavy atom. The predicted molar refractivity (Wildman–Crippen MR) is 92.4 cm³/mol. The van der Waals surface area contributed by atoms with Crippen LogP contribution in [-0.4, -0.2) is 44.9 Å². The molecule has 0 saturated heterocycles. The van der Waals surface area contributed by atoms with Crippen molar-refractivity contribution in [2.75, 3.05) is 17.2 Å². The average Bonchev–Trinajstić information content (AvgIpc) is 2.53. The van der Waals surface area contributed by atoms with E-state index in [0.29, 0.717) is 6.42 Å². The summed E-state index contributed by atoms with van der Waals surface area (Å²) in [6.07, 6.45) is -2.86. The molecule has 0 bridgehead atoms. The Labute approximate surface area is 150 Å². The lowest BCUT2D eigenvalue weighted by molar-refractivity contribution is -0.138. The zero-order valence-corrected chi connectivity index (χ0v) is 15.3. The first kappa shape index (κ1) is 22.1. The van der Waals surface area contributed by atoms with Gasteiger partial charge in [-0.2, -0.15) is 28.1 Å². The smallest absolute Gasteiger partial charge is 0.389 e. The summed E-state index contributed by atoms with van der Waals surface area (Å²) >= 11 is 0. The quantitative estimate of drug-likeness (QED) is 0.564. The highest BCUT2D eigenvalue weighted by atomic mass is 19.4. The largest absolute Gasteiger partial charge is 0.408 e. The lowest BCUT2D eigenvalue weighted by Gasteiger charge is -2.19. The molecule has 1 heterocycles. The van der Waals surface area contributed by atoms with E-state index in [1.807, 2.05) is 6.92 Å². The first-order valence-corrected chi connectivity index (χ1v) is 8.43. The lowest BCUT2D eigenvalue weighted by atomic mass is 10.1. The monoisotopic (exact) mass is 379 g/mol. The van der Waals surface area contributed by atoms with Crippen molar-refractivity contribution in [1.82, 2.24) is 15.0 Å². The summed E-state index contributed by atoms with van der Waals surface area (Å²) in [5.41, 5.74) is 0.0614. The van der Waals surface area contributed by atoms with Crippen LogP contribution in [0.4, 0.5) is 29.5 Å². The molecule has 6 nitrogen and oxygen atoms in total. The second-order valence-electron chi connectivity index (χ2n) is 6.16. The Bertz CT molecular complexity index is 619. The lowest BCUT2D eigenvalue weighted by Crippen LogP contribution is -2.34. The van der Waals surface area contributed by atoms with E-state index in [9.17, 15) is 17.6 Å². The number of unbranched alkanes of at least 4 members (excludes halogenated alkanes) is 1. The Hall–Kier alpha value is -1.97. The van der Waals surface area contributed by atoms with Gasteiger partial charge in [-0.25, -0.2) is 4.39 Å². The standard InChI is InChI=1S/C16H25F4N5O/c1-5-6-7-11(12(17)8-26)13-23-14(21-9(2)3)25-15(24-13)22-10(4)16(18,19)20/h9-10,26H,5-8H2,1-4H3,(H2,21,22,23,24,25)/t10-/m1/s1. The minimum Gasteiger partial charge on any atom is -0.389 e. The number of nitrogens with one attached hydrogen (secondary N) is 2. The molecule has 0 amide bonds. The van der Waals surface area contributed by atoms with Crippen molar-refractivity contribution in [2.24, 2.45) is 0 Å². The van der Waals surface area contributed by atoms with Crippen LogP contribution in [0.15, 0.2) is 5.83 Å². The molecule has 3 N–H and O–H groups in total.